The molecule has 1 heterocycles. The van der Waals surface area contributed by atoms with E-state index in [-0.39, 0.29) is 25.0 Å². The normalized spacial score (nSPS) is 12.5. The largest absolute Gasteiger partial charge is 0.494 e. The number of fused-ring (bicyclic) bond motifs is 1. The van der Waals surface area contributed by atoms with Gasteiger partial charge in [0.1, 0.15) is 17.2 Å². The molecular weight excluding hydrogens is 468 g/mol. The Morgan fingerprint density at radius 2 is 1.89 bits per heavy atom. The van der Waals surface area contributed by atoms with Crippen molar-refractivity contribution in [2.75, 3.05) is 36.6 Å². The molecule has 0 fully saturated rings. The smallest absolute Gasteiger partial charge is 0.265 e. The van der Waals surface area contributed by atoms with Crippen LogP contribution in [0.4, 0.5) is 11.4 Å². The van der Waals surface area contributed by atoms with Gasteiger partial charge < -0.3 is 24.4 Å². The Kier molecular flexibility index (Phi) is 7.77. The quantitative estimate of drug-likeness (QED) is 0.415. The van der Waals surface area contributed by atoms with Crippen molar-refractivity contribution in [1.82, 2.24) is 0 Å². The van der Waals surface area contributed by atoms with Gasteiger partial charge in [0.05, 0.1) is 12.3 Å². The molecule has 0 saturated carbocycles. The second-order valence-electron chi connectivity index (χ2n) is 8.21. The highest BCUT2D eigenvalue weighted by Crippen LogP contribution is 2.34. The number of amides is 2. The van der Waals surface area contributed by atoms with E-state index in [0.29, 0.717) is 47.5 Å². The van der Waals surface area contributed by atoms with Crippen LogP contribution in [0.15, 0.2) is 60.7 Å². The van der Waals surface area contributed by atoms with Gasteiger partial charge in [-0.3, -0.25) is 9.59 Å². The summed E-state index contributed by atoms with van der Waals surface area (Å²) in [4.78, 5) is 26.7. The van der Waals surface area contributed by atoms with Gasteiger partial charge in [-0.15, -0.1) is 0 Å². The van der Waals surface area contributed by atoms with Crippen molar-refractivity contribution in [3.63, 3.8) is 0 Å². The van der Waals surface area contributed by atoms with Crippen LogP contribution >= 0.6 is 11.6 Å². The Morgan fingerprint density at radius 3 is 2.69 bits per heavy atom. The Labute approximate surface area is 209 Å². The van der Waals surface area contributed by atoms with Gasteiger partial charge in [0.25, 0.3) is 11.8 Å². The molecule has 0 aromatic heterocycles. The number of hydrogen-bond acceptors (Lipinski definition) is 5. The number of carbonyl (C=O) groups excluding carboxylic acids is 2. The fraction of sp³-hybridized carbons (Fsp3) is 0.259. The van der Waals surface area contributed by atoms with Gasteiger partial charge in [-0.05, 0) is 79.9 Å². The van der Waals surface area contributed by atoms with Gasteiger partial charge in [-0.25, -0.2) is 0 Å². The van der Waals surface area contributed by atoms with Crippen LogP contribution in [0.25, 0.3) is 0 Å². The van der Waals surface area contributed by atoms with Crippen molar-refractivity contribution in [3.8, 4) is 17.2 Å². The molecule has 35 heavy (non-hydrogen) atoms. The number of nitrogens with zero attached hydrogens (tertiary/aromatic N) is 1. The third-order valence-corrected chi connectivity index (χ3v) is 5.96. The van der Waals surface area contributed by atoms with Gasteiger partial charge in [-0.2, -0.15) is 0 Å². The lowest BCUT2D eigenvalue weighted by molar-refractivity contribution is -0.121. The van der Waals surface area contributed by atoms with Crippen LogP contribution in [0.3, 0.4) is 0 Å². The van der Waals surface area contributed by atoms with Crippen LogP contribution in [0.5, 0.6) is 17.2 Å². The summed E-state index contributed by atoms with van der Waals surface area (Å²) in [6, 6.07) is 18.1. The van der Waals surface area contributed by atoms with Crippen molar-refractivity contribution in [2.45, 2.75) is 20.3 Å². The molecule has 1 aliphatic heterocycles. The highest BCUT2D eigenvalue weighted by Gasteiger charge is 2.25. The molecule has 8 heteroatoms. The summed E-state index contributed by atoms with van der Waals surface area (Å²) >= 11 is 5.90. The van der Waals surface area contributed by atoms with Gasteiger partial charge in [0, 0.05) is 17.3 Å². The first-order valence-electron chi connectivity index (χ1n) is 11.3. The minimum atomic E-state index is -0.295. The summed E-state index contributed by atoms with van der Waals surface area (Å²) in [6.45, 7) is 4.69. The van der Waals surface area contributed by atoms with E-state index >= 15 is 0 Å². The van der Waals surface area contributed by atoms with Crippen molar-refractivity contribution in [3.05, 3.63) is 76.8 Å². The molecule has 1 aliphatic rings. The van der Waals surface area contributed by atoms with Crippen molar-refractivity contribution in [1.29, 1.82) is 0 Å². The van der Waals surface area contributed by atoms with Crippen molar-refractivity contribution >= 4 is 34.8 Å². The molecule has 0 spiro atoms. The topological polar surface area (TPSA) is 77.1 Å². The molecule has 4 rings (SSSR count). The zero-order chi connectivity index (χ0) is 24.8. The Bertz CT molecular complexity index is 1210. The van der Waals surface area contributed by atoms with Gasteiger partial charge in [0.2, 0.25) is 0 Å². The van der Waals surface area contributed by atoms with Crippen LogP contribution in [0.1, 0.15) is 17.5 Å². The molecule has 2 amide bonds. The molecule has 7 nitrogen and oxygen atoms in total. The zero-order valence-electron chi connectivity index (χ0n) is 19.7. The Morgan fingerprint density at radius 1 is 1.09 bits per heavy atom. The fourth-order valence-electron chi connectivity index (χ4n) is 3.69. The molecule has 0 unspecified atom stereocenters. The average molecular weight is 495 g/mol. The van der Waals surface area contributed by atoms with E-state index in [1.807, 2.05) is 32.0 Å². The van der Waals surface area contributed by atoms with E-state index in [9.17, 15) is 9.59 Å². The maximum absolute atomic E-state index is 12.5. The third-order valence-electron chi connectivity index (χ3n) is 5.71. The number of rotatable bonds is 9. The van der Waals surface area contributed by atoms with E-state index < -0.39 is 0 Å². The van der Waals surface area contributed by atoms with Gasteiger partial charge >= 0.3 is 0 Å². The number of carbonyl (C=O) groups is 2. The summed E-state index contributed by atoms with van der Waals surface area (Å²) in [5.41, 5.74) is 3.27. The number of aryl methyl sites for hydroxylation is 1. The molecule has 0 aliphatic carbocycles. The fourth-order valence-corrected chi connectivity index (χ4v) is 3.82. The van der Waals surface area contributed by atoms with Crippen LogP contribution < -0.4 is 24.4 Å². The summed E-state index contributed by atoms with van der Waals surface area (Å²) in [6.07, 6.45) is 0.619. The second-order valence-corrected chi connectivity index (χ2v) is 8.64. The highest BCUT2D eigenvalue weighted by molar-refractivity contribution is 6.30. The van der Waals surface area contributed by atoms with Crippen molar-refractivity contribution in [2.24, 2.45) is 0 Å². The summed E-state index contributed by atoms with van der Waals surface area (Å²) in [5, 5.41) is 3.48. The Balaban J connectivity index is 1.35. The molecule has 182 valence electrons. The van der Waals surface area contributed by atoms with E-state index in [4.69, 9.17) is 25.8 Å². The maximum Gasteiger partial charge on any atom is 0.265 e. The number of halogens is 1. The minimum absolute atomic E-state index is 0.0274. The zero-order valence-corrected chi connectivity index (χ0v) is 20.4. The molecule has 0 atom stereocenters. The molecule has 1 N–H and O–H groups in total. The maximum atomic E-state index is 12.5. The van der Waals surface area contributed by atoms with E-state index in [1.54, 1.807) is 47.4 Å². The van der Waals surface area contributed by atoms with E-state index in [0.717, 1.165) is 16.9 Å². The summed E-state index contributed by atoms with van der Waals surface area (Å²) in [7, 11) is 0. The molecule has 0 saturated heterocycles. The standard InChI is InChI=1S/C27H27ClN2O5/c1-18-5-3-6-24(19(18)2)34-16-26(31)29-21-9-12-25-23(15-21)30(27(32)17-35-25)13-4-14-33-22-10-7-20(28)8-11-22/h3,5-12,15H,4,13-14,16-17H2,1-2H3,(H,29,31). The highest BCUT2D eigenvalue weighted by atomic mass is 35.5. The molecule has 0 radical (unpaired) electrons. The average Bonchev–Trinajstić information content (AvgIpc) is 2.85. The predicted molar refractivity (Wildman–Crippen MR) is 136 cm³/mol. The third kappa shape index (κ3) is 6.25. The second kappa shape index (κ2) is 11.1. The molecular formula is C27H27ClN2O5. The number of anilines is 2. The van der Waals surface area contributed by atoms with Crippen LogP contribution in [0.2, 0.25) is 5.02 Å². The lowest BCUT2D eigenvalue weighted by atomic mass is 10.1. The first-order valence-corrected chi connectivity index (χ1v) is 11.7. The van der Waals surface area contributed by atoms with E-state index in [1.165, 1.54) is 0 Å². The Hall–Kier alpha value is -3.71. The summed E-state index contributed by atoms with van der Waals surface area (Å²) < 4.78 is 17.0. The van der Waals surface area contributed by atoms with Crippen LogP contribution in [-0.4, -0.2) is 38.2 Å². The van der Waals surface area contributed by atoms with Crippen LogP contribution in [-0.2, 0) is 9.59 Å². The molecule has 3 aromatic rings. The monoisotopic (exact) mass is 494 g/mol. The van der Waals surface area contributed by atoms with Crippen molar-refractivity contribution < 1.29 is 23.8 Å². The summed E-state index contributed by atoms with van der Waals surface area (Å²) in [5.74, 6) is 1.54. The van der Waals surface area contributed by atoms with Gasteiger partial charge in [-0.1, -0.05) is 23.7 Å². The number of ether oxygens (including phenoxy) is 3. The van der Waals surface area contributed by atoms with Gasteiger partial charge in [0.15, 0.2) is 13.2 Å². The minimum Gasteiger partial charge on any atom is -0.494 e. The molecule has 0 bridgehead atoms. The predicted octanol–water partition coefficient (Wildman–Crippen LogP) is 5.17. The first kappa shape index (κ1) is 24.4. The first-order chi connectivity index (χ1) is 16.9. The SMILES string of the molecule is Cc1cccc(OCC(=O)Nc2ccc3c(c2)N(CCCOc2ccc(Cl)cc2)C(=O)CO3)c1C. The number of nitrogens with one attached hydrogen (secondary N) is 1. The number of hydrogen-bond donors (Lipinski definition) is 1. The van der Waals surface area contributed by atoms with Crippen LogP contribution in [0, 0.1) is 13.8 Å². The lowest BCUT2D eigenvalue weighted by Gasteiger charge is -2.30. The van der Waals surface area contributed by atoms with E-state index in [2.05, 4.69) is 5.32 Å². The molecule has 3 aromatic carbocycles. The number of benzene rings is 3. The lowest BCUT2D eigenvalue weighted by Crippen LogP contribution is -2.39.